The number of hydrogen-bond donors (Lipinski definition) is 0. The van der Waals surface area contributed by atoms with E-state index in [2.05, 4.69) is 6.58 Å². The first-order valence-corrected chi connectivity index (χ1v) is 8.11. The van der Waals surface area contributed by atoms with Crippen LogP contribution in [0, 0.1) is 11.3 Å². The molecule has 2 aromatic carbocycles. The van der Waals surface area contributed by atoms with Gasteiger partial charge in [-0.2, -0.15) is 18.4 Å². The van der Waals surface area contributed by atoms with Gasteiger partial charge in [-0.1, -0.05) is 24.8 Å². The number of nitrogens with zero attached hydrogens (tertiary/aromatic N) is 2. The first kappa shape index (κ1) is 20.3. The van der Waals surface area contributed by atoms with Crippen molar-refractivity contribution < 1.29 is 22.7 Å². The van der Waals surface area contributed by atoms with E-state index in [-0.39, 0.29) is 23.2 Å². The molecule has 0 aliphatic rings. The molecule has 2 rings (SSSR count). The van der Waals surface area contributed by atoms with E-state index >= 15 is 0 Å². The average molecular weight is 376 g/mol. The fraction of sp³-hybridized carbons (Fsp3) is 0.300. The van der Waals surface area contributed by atoms with E-state index in [0.717, 1.165) is 17.0 Å². The van der Waals surface area contributed by atoms with Gasteiger partial charge in [0.15, 0.2) is 0 Å². The number of anilines is 1. The Morgan fingerprint density at radius 1 is 1.22 bits per heavy atom. The highest BCUT2D eigenvalue weighted by Crippen LogP contribution is 2.35. The minimum absolute atomic E-state index is 0.0739. The molecule has 0 aromatic heterocycles. The third kappa shape index (κ3) is 5.00. The molecular formula is C20H19F3N2O2. The van der Waals surface area contributed by atoms with Gasteiger partial charge in [0.05, 0.1) is 23.9 Å². The lowest BCUT2D eigenvalue weighted by Crippen LogP contribution is -2.38. The monoisotopic (exact) mass is 376 g/mol. The van der Waals surface area contributed by atoms with E-state index in [0.29, 0.717) is 5.39 Å². The fourth-order valence-electron chi connectivity index (χ4n) is 2.46. The number of nitriles is 1. The van der Waals surface area contributed by atoms with E-state index < -0.39 is 23.4 Å². The number of carbonyl (C=O) groups excluding carboxylic acids is 1. The van der Waals surface area contributed by atoms with Crippen LogP contribution in [0.5, 0.6) is 0 Å². The van der Waals surface area contributed by atoms with Crippen molar-refractivity contribution in [2.75, 3.05) is 11.4 Å². The van der Waals surface area contributed by atoms with E-state index in [1.165, 1.54) is 12.1 Å². The van der Waals surface area contributed by atoms with Crippen LogP contribution in [0.15, 0.2) is 48.6 Å². The molecule has 142 valence electrons. The Balaban J connectivity index is 2.63. The second-order valence-corrected chi connectivity index (χ2v) is 6.99. The highest BCUT2D eigenvalue weighted by Gasteiger charge is 2.31. The summed E-state index contributed by atoms with van der Waals surface area (Å²) in [6.07, 6.45) is -5.29. The average Bonchev–Trinajstić information content (AvgIpc) is 2.56. The molecule has 0 aliphatic carbocycles. The quantitative estimate of drug-likeness (QED) is 0.648. The van der Waals surface area contributed by atoms with E-state index in [1.54, 1.807) is 32.9 Å². The maximum absolute atomic E-state index is 13.1. The lowest BCUT2D eigenvalue weighted by Gasteiger charge is -2.28. The van der Waals surface area contributed by atoms with Crippen molar-refractivity contribution in [3.8, 4) is 6.07 Å². The molecule has 2 aromatic rings. The Labute approximate surface area is 155 Å². The molecule has 0 unspecified atom stereocenters. The van der Waals surface area contributed by atoms with Gasteiger partial charge in [-0.05, 0) is 44.4 Å². The first-order valence-electron chi connectivity index (χ1n) is 8.11. The predicted octanol–water partition coefficient (Wildman–Crippen LogP) is 5.68. The molecule has 0 heterocycles. The molecule has 0 saturated heterocycles. The fourth-order valence-corrected chi connectivity index (χ4v) is 2.46. The summed E-state index contributed by atoms with van der Waals surface area (Å²) in [6, 6.07) is 9.93. The van der Waals surface area contributed by atoms with E-state index in [4.69, 9.17) is 10.00 Å². The van der Waals surface area contributed by atoms with Crippen molar-refractivity contribution in [2.24, 2.45) is 0 Å². The van der Waals surface area contributed by atoms with Gasteiger partial charge < -0.3 is 4.74 Å². The van der Waals surface area contributed by atoms with Crippen LogP contribution in [0.1, 0.15) is 26.3 Å². The summed E-state index contributed by atoms with van der Waals surface area (Å²) in [5, 5.41) is 9.78. The van der Waals surface area contributed by atoms with Crippen LogP contribution in [0.2, 0.25) is 0 Å². The summed E-state index contributed by atoms with van der Waals surface area (Å²) in [5.41, 5.74) is -1.36. The third-order valence-electron chi connectivity index (χ3n) is 3.60. The minimum Gasteiger partial charge on any atom is -0.443 e. The Kier molecular flexibility index (Phi) is 5.50. The molecule has 0 saturated carbocycles. The lowest BCUT2D eigenvalue weighted by molar-refractivity contribution is -0.137. The molecule has 0 N–H and O–H groups in total. The molecule has 4 nitrogen and oxygen atoms in total. The highest BCUT2D eigenvalue weighted by atomic mass is 19.4. The lowest BCUT2D eigenvalue weighted by atomic mass is 10.0. The Morgan fingerprint density at radius 2 is 1.89 bits per heavy atom. The van der Waals surface area contributed by atoms with Crippen LogP contribution in [0.3, 0.4) is 0 Å². The number of ether oxygens (including phenoxy) is 1. The highest BCUT2D eigenvalue weighted by molar-refractivity contribution is 6.02. The number of alkyl halides is 3. The second kappa shape index (κ2) is 7.31. The zero-order chi connectivity index (χ0) is 20.4. The summed E-state index contributed by atoms with van der Waals surface area (Å²) >= 11 is 0. The molecule has 7 heteroatoms. The van der Waals surface area contributed by atoms with Crippen molar-refractivity contribution in [3.05, 3.63) is 54.1 Å². The number of rotatable bonds is 3. The van der Waals surface area contributed by atoms with Crippen LogP contribution in [0.4, 0.5) is 23.7 Å². The minimum atomic E-state index is -4.52. The van der Waals surface area contributed by atoms with Gasteiger partial charge >= 0.3 is 12.3 Å². The van der Waals surface area contributed by atoms with Crippen molar-refractivity contribution in [1.29, 1.82) is 5.26 Å². The Hall–Kier alpha value is -3.01. The van der Waals surface area contributed by atoms with Crippen molar-refractivity contribution in [2.45, 2.75) is 32.5 Å². The molecule has 0 fully saturated rings. The number of halogens is 3. The summed E-state index contributed by atoms with van der Waals surface area (Å²) in [6.45, 7) is 8.39. The molecule has 0 radical (unpaired) electrons. The summed E-state index contributed by atoms with van der Waals surface area (Å²) in [5.74, 6) is 0. The molecule has 27 heavy (non-hydrogen) atoms. The first-order chi connectivity index (χ1) is 12.4. The zero-order valence-corrected chi connectivity index (χ0v) is 15.2. The predicted molar refractivity (Wildman–Crippen MR) is 97.3 cm³/mol. The molecule has 0 atom stereocenters. The zero-order valence-electron chi connectivity index (χ0n) is 15.2. The van der Waals surface area contributed by atoms with Gasteiger partial charge in [0, 0.05) is 11.0 Å². The second-order valence-electron chi connectivity index (χ2n) is 6.99. The van der Waals surface area contributed by atoms with Crippen molar-refractivity contribution >= 4 is 22.6 Å². The Morgan fingerprint density at radius 3 is 2.44 bits per heavy atom. The van der Waals surface area contributed by atoms with Crippen molar-refractivity contribution in [1.82, 2.24) is 0 Å². The largest absolute Gasteiger partial charge is 0.443 e. The molecule has 1 amide bonds. The smallest absolute Gasteiger partial charge is 0.416 e. The normalized spacial score (nSPS) is 11.7. The van der Waals surface area contributed by atoms with Gasteiger partial charge in [0.2, 0.25) is 0 Å². The summed E-state index contributed by atoms with van der Waals surface area (Å²) in [7, 11) is 0. The number of carbonyl (C=O) groups is 1. The van der Waals surface area contributed by atoms with Gasteiger partial charge in [-0.15, -0.1) is 0 Å². The standard InChI is InChI=1S/C20H19F3N2O2/c1-13(11-24)12-25(18(26)27-19(2,3)4)17-7-5-6-14-8-9-15(10-16(14)17)20(21,22)23/h5-10H,1,12H2,2-4H3. The van der Waals surface area contributed by atoms with Gasteiger partial charge in [0.25, 0.3) is 0 Å². The van der Waals surface area contributed by atoms with Crippen molar-refractivity contribution in [3.63, 3.8) is 0 Å². The number of amides is 1. The van der Waals surface area contributed by atoms with Gasteiger partial charge in [-0.3, -0.25) is 4.90 Å². The molecule has 0 aliphatic heterocycles. The SMILES string of the molecule is C=C(C#N)CN(C(=O)OC(C)(C)C)c1cccc2ccc(C(F)(F)F)cc12. The maximum atomic E-state index is 13.1. The number of hydrogen-bond acceptors (Lipinski definition) is 3. The molecular weight excluding hydrogens is 357 g/mol. The van der Waals surface area contributed by atoms with Crippen LogP contribution in [-0.2, 0) is 10.9 Å². The Bertz CT molecular complexity index is 921. The van der Waals surface area contributed by atoms with E-state index in [9.17, 15) is 18.0 Å². The number of benzene rings is 2. The summed E-state index contributed by atoms with van der Waals surface area (Å²) in [4.78, 5) is 13.8. The topological polar surface area (TPSA) is 53.3 Å². The van der Waals surface area contributed by atoms with Crippen LogP contribution in [0.25, 0.3) is 10.8 Å². The van der Waals surface area contributed by atoms with Crippen LogP contribution in [-0.4, -0.2) is 18.2 Å². The van der Waals surface area contributed by atoms with Crippen LogP contribution < -0.4 is 4.90 Å². The van der Waals surface area contributed by atoms with Gasteiger partial charge in [0.1, 0.15) is 5.60 Å². The molecule has 0 spiro atoms. The summed E-state index contributed by atoms with van der Waals surface area (Å²) < 4.78 is 44.8. The van der Waals surface area contributed by atoms with Gasteiger partial charge in [-0.25, -0.2) is 4.79 Å². The maximum Gasteiger partial charge on any atom is 0.416 e. The van der Waals surface area contributed by atoms with Crippen LogP contribution >= 0.6 is 0 Å². The third-order valence-corrected chi connectivity index (χ3v) is 3.60. The molecule has 0 bridgehead atoms. The van der Waals surface area contributed by atoms with E-state index in [1.807, 2.05) is 6.07 Å². The number of fused-ring (bicyclic) bond motifs is 1.